The summed E-state index contributed by atoms with van der Waals surface area (Å²) >= 11 is 0. The van der Waals surface area contributed by atoms with E-state index in [4.69, 9.17) is 4.74 Å². The number of Topliss-reactive ketones (excluding diaryl/α,β-unsaturated/α-hetero) is 1. The van der Waals surface area contributed by atoms with Crippen molar-refractivity contribution in [3.63, 3.8) is 0 Å². The van der Waals surface area contributed by atoms with E-state index in [1.807, 2.05) is 31.2 Å². The van der Waals surface area contributed by atoms with E-state index in [2.05, 4.69) is 0 Å². The molecule has 0 aliphatic heterocycles. The Morgan fingerprint density at radius 2 is 1.81 bits per heavy atom. The molecule has 0 radical (unpaired) electrons. The molecule has 1 aliphatic rings. The zero-order valence-electron chi connectivity index (χ0n) is 11.9. The number of ketones is 1. The van der Waals surface area contributed by atoms with Gasteiger partial charge in [0.2, 0.25) is 0 Å². The predicted octanol–water partition coefficient (Wildman–Crippen LogP) is 4.21. The minimum atomic E-state index is -0.314. The van der Waals surface area contributed by atoms with Crippen molar-refractivity contribution in [2.75, 3.05) is 6.61 Å². The number of hydrogen-bond acceptors (Lipinski definition) is 2. The summed E-state index contributed by atoms with van der Waals surface area (Å²) in [6.07, 6.45) is 0.865. The van der Waals surface area contributed by atoms with Gasteiger partial charge in [-0.05, 0) is 61.2 Å². The van der Waals surface area contributed by atoms with Crippen LogP contribution in [0.15, 0.2) is 48.5 Å². The third kappa shape index (κ3) is 2.97. The maximum Gasteiger partial charge on any atom is 0.166 e. The molecule has 2 nitrogen and oxygen atoms in total. The summed E-state index contributed by atoms with van der Waals surface area (Å²) in [7, 11) is 0. The predicted molar refractivity (Wildman–Crippen MR) is 79.2 cm³/mol. The van der Waals surface area contributed by atoms with Crippen molar-refractivity contribution in [1.82, 2.24) is 0 Å². The van der Waals surface area contributed by atoms with Gasteiger partial charge < -0.3 is 4.74 Å². The lowest BCUT2D eigenvalue weighted by molar-refractivity contribution is 0.0965. The number of ether oxygens (including phenoxy) is 1. The number of benzene rings is 2. The first-order valence-electron chi connectivity index (χ1n) is 7.21. The fraction of sp³-hybridized carbons (Fsp3) is 0.278. The van der Waals surface area contributed by atoms with Crippen molar-refractivity contribution in [3.05, 3.63) is 65.5 Å². The third-order valence-electron chi connectivity index (χ3n) is 3.88. The molecule has 0 aromatic heterocycles. The number of hydrogen-bond donors (Lipinski definition) is 0. The summed E-state index contributed by atoms with van der Waals surface area (Å²) in [6, 6.07) is 13.7. The highest BCUT2D eigenvalue weighted by molar-refractivity contribution is 6.00. The van der Waals surface area contributed by atoms with Crippen molar-refractivity contribution >= 4 is 5.78 Å². The van der Waals surface area contributed by atoms with Crippen LogP contribution in [-0.2, 0) is 0 Å². The van der Waals surface area contributed by atoms with Gasteiger partial charge in [0, 0.05) is 11.5 Å². The molecular formula is C18H17FO2. The zero-order valence-corrected chi connectivity index (χ0v) is 11.9. The molecule has 1 saturated carbocycles. The van der Waals surface area contributed by atoms with Crippen molar-refractivity contribution in [2.45, 2.75) is 19.3 Å². The molecule has 3 heteroatoms. The highest BCUT2D eigenvalue weighted by atomic mass is 19.1. The van der Waals surface area contributed by atoms with E-state index in [-0.39, 0.29) is 23.4 Å². The molecule has 2 unspecified atom stereocenters. The highest BCUT2D eigenvalue weighted by Gasteiger charge is 2.43. The van der Waals surface area contributed by atoms with Gasteiger partial charge in [-0.25, -0.2) is 4.39 Å². The Morgan fingerprint density at radius 1 is 1.14 bits per heavy atom. The SMILES string of the molecule is CCOc1ccc(C2CC2C(=O)c2ccc(F)cc2)cc1. The second-order valence-corrected chi connectivity index (χ2v) is 5.32. The Kier molecular flexibility index (Phi) is 3.74. The van der Waals surface area contributed by atoms with E-state index in [1.54, 1.807) is 12.1 Å². The lowest BCUT2D eigenvalue weighted by Gasteiger charge is -2.05. The second-order valence-electron chi connectivity index (χ2n) is 5.32. The molecule has 2 aromatic rings. The lowest BCUT2D eigenvalue weighted by Crippen LogP contribution is -2.03. The van der Waals surface area contributed by atoms with Gasteiger partial charge in [-0.15, -0.1) is 0 Å². The quantitative estimate of drug-likeness (QED) is 0.769. The normalized spacial score (nSPS) is 20.1. The molecule has 2 aromatic carbocycles. The van der Waals surface area contributed by atoms with Crippen molar-refractivity contribution in [1.29, 1.82) is 0 Å². The summed E-state index contributed by atoms with van der Waals surface area (Å²) < 4.78 is 18.3. The molecule has 0 heterocycles. The standard InChI is InChI=1S/C18H17FO2/c1-2-21-15-9-5-12(6-10-15)16-11-17(16)18(20)13-3-7-14(19)8-4-13/h3-10,16-17H,2,11H2,1H3. The molecule has 1 aliphatic carbocycles. The molecular weight excluding hydrogens is 267 g/mol. The molecule has 21 heavy (non-hydrogen) atoms. The lowest BCUT2D eigenvalue weighted by atomic mass is 10.0. The topological polar surface area (TPSA) is 26.3 Å². The van der Waals surface area contributed by atoms with Crippen molar-refractivity contribution < 1.29 is 13.9 Å². The minimum absolute atomic E-state index is 0.0217. The molecule has 1 fully saturated rings. The van der Waals surface area contributed by atoms with Gasteiger partial charge in [0.15, 0.2) is 5.78 Å². The molecule has 108 valence electrons. The average molecular weight is 284 g/mol. The molecule has 0 amide bonds. The van der Waals surface area contributed by atoms with E-state index in [1.165, 1.54) is 17.7 Å². The summed E-state index contributed by atoms with van der Waals surface area (Å²) in [6.45, 7) is 2.60. The summed E-state index contributed by atoms with van der Waals surface area (Å²) in [4.78, 5) is 12.3. The van der Waals surface area contributed by atoms with Crippen LogP contribution in [0.3, 0.4) is 0 Å². The van der Waals surface area contributed by atoms with Gasteiger partial charge >= 0.3 is 0 Å². The maximum absolute atomic E-state index is 12.9. The van der Waals surface area contributed by atoms with Gasteiger partial charge in [0.05, 0.1) is 6.61 Å². The Hall–Kier alpha value is -2.16. The number of halogens is 1. The average Bonchev–Trinajstić information content (AvgIpc) is 3.29. The van der Waals surface area contributed by atoms with Gasteiger partial charge in [0.25, 0.3) is 0 Å². The van der Waals surface area contributed by atoms with Crippen LogP contribution in [0.4, 0.5) is 4.39 Å². The van der Waals surface area contributed by atoms with Crippen LogP contribution >= 0.6 is 0 Å². The van der Waals surface area contributed by atoms with E-state index in [0.29, 0.717) is 12.2 Å². The van der Waals surface area contributed by atoms with E-state index in [9.17, 15) is 9.18 Å². The number of carbonyl (C=O) groups excluding carboxylic acids is 1. The van der Waals surface area contributed by atoms with Gasteiger partial charge in [-0.1, -0.05) is 12.1 Å². The summed E-state index contributed by atoms with van der Waals surface area (Å²) in [5, 5.41) is 0. The van der Waals surface area contributed by atoms with Crippen LogP contribution < -0.4 is 4.74 Å². The Labute approximate surface area is 123 Å². The maximum atomic E-state index is 12.9. The first kappa shape index (κ1) is 13.8. The molecule has 0 saturated heterocycles. The van der Waals surface area contributed by atoms with Crippen molar-refractivity contribution in [3.8, 4) is 5.75 Å². The molecule has 0 spiro atoms. The first-order chi connectivity index (χ1) is 10.2. The van der Waals surface area contributed by atoms with E-state index < -0.39 is 0 Å². The largest absolute Gasteiger partial charge is 0.494 e. The Balaban J connectivity index is 1.68. The van der Waals surface area contributed by atoms with Crippen LogP contribution in [0.25, 0.3) is 0 Å². The number of rotatable bonds is 5. The van der Waals surface area contributed by atoms with Crippen LogP contribution in [0.2, 0.25) is 0 Å². The molecule has 0 bridgehead atoms. The molecule has 3 rings (SSSR count). The van der Waals surface area contributed by atoms with Crippen LogP contribution in [0.5, 0.6) is 5.75 Å². The fourth-order valence-corrected chi connectivity index (χ4v) is 2.66. The van der Waals surface area contributed by atoms with Crippen molar-refractivity contribution in [2.24, 2.45) is 5.92 Å². The van der Waals surface area contributed by atoms with Crippen LogP contribution in [0, 0.1) is 11.7 Å². The molecule has 2 atom stereocenters. The third-order valence-corrected chi connectivity index (χ3v) is 3.88. The van der Waals surface area contributed by atoms with Gasteiger partial charge in [-0.2, -0.15) is 0 Å². The van der Waals surface area contributed by atoms with Gasteiger partial charge in [-0.3, -0.25) is 4.79 Å². The summed E-state index contributed by atoms with van der Waals surface area (Å²) in [5.74, 6) is 0.939. The minimum Gasteiger partial charge on any atom is -0.494 e. The van der Waals surface area contributed by atoms with Gasteiger partial charge in [0.1, 0.15) is 11.6 Å². The van der Waals surface area contributed by atoms with E-state index >= 15 is 0 Å². The monoisotopic (exact) mass is 284 g/mol. The zero-order chi connectivity index (χ0) is 14.8. The fourth-order valence-electron chi connectivity index (χ4n) is 2.66. The van der Waals surface area contributed by atoms with E-state index in [0.717, 1.165) is 12.2 Å². The van der Waals surface area contributed by atoms with Crippen LogP contribution in [0.1, 0.15) is 35.2 Å². The summed E-state index contributed by atoms with van der Waals surface area (Å²) in [5.41, 5.74) is 1.76. The first-order valence-corrected chi connectivity index (χ1v) is 7.21. The van der Waals surface area contributed by atoms with Crippen LogP contribution in [-0.4, -0.2) is 12.4 Å². The smallest absolute Gasteiger partial charge is 0.166 e. The Morgan fingerprint density at radius 3 is 2.43 bits per heavy atom. The number of carbonyl (C=O) groups is 1. The highest BCUT2D eigenvalue weighted by Crippen LogP contribution is 2.49. The Bertz CT molecular complexity index is 631. The second kappa shape index (κ2) is 5.68. The molecule has 0 N–H and O–H groups in total.